The third-order valence-electron chi connectivity index (χ3n) is 4.58. The number of aromatic nitrogens is 3. The number of nitrogens with one attached hydrogen (secondary N) is 1. The van der Waals surface area contributed by atoms with Crippen molar-refractivity contribution in [3.05, 3.63) is 11.9 Å². The molecule has 0 saturated carbocycles. The lowest BCUT2D eigenvalue weighted by molar-refractivity contribution is -0.0932. The Hall–Kier alpha value is -0.940. The Morgan fingerprint density at radius 1 is 1.38 bits per heavy atom. The molecule has 2 rings (SSSR count). The SMILES string of the molecule is CCC1(CC)CC(NCc2cn(C(C)(C)C)nn2)CCO1. The van der Waals surface area contributed by atoms with Crippen LogP contribution in [0.5, 0.6) is 0 Å². The van der Waals surface area contributed by atoms with E-state index in [4.69, 9.17) is 4.74 Å². The Morgan fingerprint density at radius 2 is 2.10 bits per heavy atom. The molecule has 5 heteroatoms. The third kappa shape index (κ3) is 4.04. The van der Waals surface area contributed by atoms with Gasteiger partial charge in [-0.3, -0.25) is 0 Å². The normalized spacial score (nSPS) is 22.4. The maximum atomic E-state index is 6.02. The van der Waals surface area contributed by atoms with Crippen LogP contribution in [0, 0.1) is 0 Å². The lowest BCUT2D eigenvalue weighted by Crippen LogP contribution is -2.46. The first-order valence-electron chi connectivity index (χ1n) is 8.17. The Kier molecular flexibility index (Phi) is 5.04. The van der Waals surface area contributed by atoms with Gasteiger partial charge in [0.15, 0.2) is 0 Å². The van der Waals surface area contributed by atoms with Crippen LogP contribution in [0.3, 0.4) is 0 Å². The molecule has 1 N–H and O–H groups in total. The van der Waals surface area contributed by atoms with E-state index in [-0.39, 0.29) is 11.1 Å². The van der Waals surface area contributed by atoms with Crippen molar-refractivity contribution in [3.63, 3.8) is 0 Å². The Balaban J connectivity index is 1.89. The highest BCUT2D eigenvalue weighted by atomic mass is 16.5. The van der Waals surface area contributed by atoms with Gasteiger partial charge in [-0.2, -0.15) is 0 Å². The van der Waals surface area contributed by atoms with Crippen LogP contribution in [-0.2, 0) is 16.8 Å². The molecule has 0 radical (unpaired) electrons. The second-order valence-electron chi connectivity index (χ2n) is 7.13. The lowest BCUT2D eigenvalue weighted by atomic mass is 9.86. The Morgan fingerprint density at radius 3 is 2.67 bits per heavy atom. The summed E-state index contributed by atoms with van der Waals surface area (Å²) in [5, 5.41) is 12.1. The molecule has 0 bridgehead atoms. The van der Waals surface area contributed by atoms with Gasteiger partial charge < -0.3 is 10.1 Å². The van der Waals surface area contributed by atoms with Crippen molar-refractivity contribution < 1.29 is 4.74 Å². The molecule has 0 amide bonds. The maximum absolute atomic E-state index is 6.02. The third-order valence-corrected chi connectivity index (χ3v) is 4.58. The van der Waals surface area contributed by atoms with E-state index in [0.29, 0.717) is 6.04 Å². The van der Waals surface area contributed by atoms with Gasteiger partial charge in [0.1, 0.15) is 0 Å². The molecule has 2 heterocycles. The molecule has 0 aliphatic carbocycles. The van der Waals surface area contributed by atoms with Crippen molar-refractivity contribution in [2.75, 3.05) is 6.61 Å². The van der Waals surface area contributed by atoms with Crippen molar-refractivity contribution in [3.8, 4) is 0 Å². The van der Waals surface area contributed by atoms with Crippen LogP contribution in [0.2, 0.25) is 0 Å². The fraction of sp³-hybridized carbons (Fsp3) is 0.875. The van der Waals surface area contributed by atoms with Gasteiger partial charge >= 0.3 is 0 Å². The summed E-state index contributed by atoms with van der Waals surface area (Å²) in [7, 11) is 0. The van der Waals surface area contributed by atoms with Crippen LogP contribution in [0.25, 0.3) is 0 Å². The van der Waals surface area contributed by atoms with Crippen molar-refractivity contribution in [1.29, 1.82) is 0 Å². The molecule has 1 saturated heterocycles. The highest BCUT2D eigenvalue weighted by Crippen LogP contribution is 2.31. The number of hydrogen-bond acceptors (Lipinski definition) is 4. The van der Waals surface area contributed by atoms with Crippen LogP contribution in [0.1, 0.15) is 66.0 Å². The van der Waals surface area contributed by atoms with Gasteiger partial charge in [0.25, 0.3) is 0 Å². The number of hydrogen-bond donors (Lipinski definition) is 1. The van der Waals surface area contributed by atoms with Crippen molar-refractivity contribution >= 4 is 0 Å². The van der Waals surface area contributed by atoms with E-state index in [0.717, 1.165) is 44.5 Å². The van der Waals surface area contributed by atoms with Crippen LogP contribution in [-0.4, -0.2) is 33.2 Å². The van der Waals surface area contributed by atoms with Gasteiger partial charge in [-0.05, 0) is 46.5 Å². The molecule has 1 unspecified atom stereocenters. The summed E-state index contributed by atoms with van der Waals surface area (Å²) in [5.41, 5.74) is 1.07. The molecule has 1 aliphatic heterocycles. The smallest absolute Gasteiger partial charge is 0.0965 e. The van der Waals surface area contributed by atoms with Crippen LogP contribution >= 0.6 is 0 Å². The van der Waals surface area contributed by atoms with E-state index in [1.807, 2.05) is 10.9 Å². The molecule has 21 heavy (non-hydrogen) atoms. The summed E-state index contributed by atoms with van der Waals surface area (Å²) in [6.45, 7) is 12.5. The summed E-state index contributed by atoms with van der Waals surface area (Å²) >= 11 is 0. The number of nitrogens with zero attached hydrogens (tertiary/aromatic N) is 3. The minimum atomic E-state index is -0.0104. The monoisotopic (exact) mass is 294 g/mol. The van der Waals surface area contributed by atoms with Gasteiger partial charge in [0, 0.05) is 19.2 Å². The molecule has 1 atom stereocenters. The zero-order valence-corrected chi connectivity index (χ0v) is 14.1. The van der Waals surface area contributed by atoms with Gasteiger partial charge in [-0.1, -0.05) is 19.1 Å². The van der Waals surface area contributed by atoms with E-state index >= 15 is 0 Å². The number of rotatable bonds is 5. The average molecular weight is 294 g/mol. The highest BCUT2D eigenvalue weighted by molar-refractivity contribution is 4.96. The lowest BCUT2D eigenvalue weighted by Gasteiger charge is -2.40. The zero-order valence-electron chi connectivity index (χ0n) is 14.1. The summed E-state index contributed by atoms with van der Waals surface area (Å²) in [6.07, 6.45) is 6.38. The standard InChI is InChI=1S/C16H30N4O/c1-6-16(7-2)10-13(8-9-21-16)17-11-14-12-20(19-18-14)15(3,4)5/h12-13,17H,6-11H2,1-5H3. The van der Waals surface area contributed by atoms with Gasteiger partial charge in [-0.25, -0.2) is 4.68 Å². The molecule has 0 spiro atoms. The summed E-state index contributed by atoms with van der Waals surface area (Å²) < 4.78 is 7.95. The first-order chi connectivity index (χ1) is 9.88. The molecule has 120 valence electrons. The molecule has 0 aromatic carbocycles. The molecule has 1 aromatic rings. The van der Waals surface area contributed by atoms with Crippen molar-refractivity contribution in [2.24, 2.45) is 0 Å². The average Bonchev–Trinajstić information content (AvgIpc) is 2.94. The van der Waals surface area contributed by atoms with E-state index in [1.54, 1.807) is 0 Å². The summed E-state index contributed by atoms with van der Waals surface area (Å²) in [4.78, 5) is 0. The molecule has 1 aromatic heterocycles. The number of ether oxygens (including phenoxy) is 1. The van der Waals surface area contributed by atoms with E-state index < -0.39 is 0 Å². The van der Waals surface area contributed by atoms with Crippen LogP contribution < -0.4 is 5.32 Å². The highest BCUT2D eigenvalue weighted by Gasteiger charge is 2.34. The molecular weight excluding hydrogens is 264 g/mol. The second kappa shape index (κ2) is 6.44. The van der Waals surface area contributed by atoms with Gasteiger partial charge in [0.2, 0.25) is 0 Å². The van der Waals surface area contributed by atoms with Gasteiger partial charge in [0.05, 0.1) is 23.0 Å². The van der Waals surface area contributed by atoms with Crippen LogP contribution in [0.4, 0.5) is 0 Å². The first-order valence-corrected chi connectivity index (χ1v) is 8.17. The predicted molar refractivity (Wildman–Crippen MR) is 84.1 cm³/mol. The summed E-state index contributed by atoms with van der Waals surface area (Å²) in [6, 6.07) is 0.512. The quantitative estimate of drug-likeness (QED) is 0.907. The van der Waals surface area contributed by atoms with Gasteiger partial charge in [-0.15, -0.1) is 5.10 Å². The van der Waals surface area contributed by atoms with Crippen molar-refractivity contribution in [2.45, 2.75) is 84.0 Å². The van der Waals surface area contributed by atoms with E-state index in [2.05, 4.69) is 50.2 Å². The maximum Gasteiger partial charge on any atom is 0.0965 e. The zero-order chi connectivity index (χ0) is 15.5. The largest absolute Gasteiger partial charge is 0.375 e. The molecule has 1 fully saturated rings. The minimum Gasteiger partial charge on any atom is -0.375 e. The Labute approximate surface area is 128 Å². The second-order valence-corrected chi connectivity index (χ2v) is 7.13. The minimum absolute atomic E-state index is 0.0104. The Bertz CT molecular complexity index is 445. The van der Waals surface area contributed by atoms with E-state index in [9.17, 15) is 0 Å². The summed E-state index contributed by atoms with van der Waals surface area (Å²) in [5.74, 6) is 0. The molecule has 1 aliphatic rings. The fourth-order valence-electron chi connectivity index (χ4n) is 2.90. The van der Waals surface area contributed by atoms with Crippen molar-refractivity contribution in [1.82, 2.24) is 20.3 Å². The van der Waals surface area contributed by atoms with Crippen LogP contribution in [0.15, 0.2) is 6.20 Å². The topological polar surface area (TPSA) is 52.0 Å². The molecule has 5 nitrogen and oxygen atoms in total. The molecular formula is C16H30N4O. The predicted octanol–water partition coefficient (Wildman–Crippen LogP) is 2.86. The first kappa shape index (κ1) is 16.4. The fourth-order valence-corrected chi connectivity index (χ4v) is 2.90. The van der Waals surface area contributed by atoms with E-state index in [1.165, 1.54) is 0 Å².